The van der Waals surface area contributed by atoms with Gasteiger partial charge in [0.15, 0.2) is 0 Å². The van der Waals surface area contributed by atoms with Crippen LogP contribution in [0.4, 0.5) is 10.5 Å². The van der Waals surface area contributed by atoms with Gasteiger partial charge < -0.3 is 10.2 Å². The number of imide groups is 1. The number of hydrogen-bond donors (Lipinski definition) is 1. The normalized spacial score (nSPS) is 18.1. The highest BCUT2D eigenvalue weighted by Crippen LogP contribution is 2.33. The fourth-order valence-corrected chi connectivity index (χ4v) is 4.23. The minimum Gasteiger partial charge on any atom is -0.331 e. The molecule has 174 valence electrons. The first kappa shape index (κ1) is 23.1. The van der Waals surface area contributed by atoms with Crippen molar-refractivity contribution in [3.63, 3.8) is 0 Å². The van der Waals surface area contributed by atoms with Crippen molar-refractivity contribution in [2.45, 2.75) is 31.8 Å². The van der Waals surface area contributed by atoms with E-state index in [-0.39, 0.29) is 17.9 Å². The molecule has 1 aromatic carbocycles. The molecule has 0 spiro atoms. The number of para-hydroxylation sites is 1. The lowest BCUT2D eigenvalue weighted by Gasteiger charge is -2.46. The van der Waals surface area contributed by atoms with Crippen molar-refractivity contribution < 1.29 is 14.4 Å². The number of amides is 4. The molecule has 4 amide bonds. The summed E-state index contributed by atoms with van der Waals surface area (Å²) in [6, 6.07) is 14.7. The minimum absolute atomic E-state index is 0.311. The molecule has 0 bridgehead atoms. The summed E-state index contributed by atoms with van der Waals surface area (Å²) in [4.78, 5) is 50.6. The molecule has 1 aliphatic rings. The van der Waals surface area contributed by atoms with Crippen LogP contribution < -0.4 is 10.2 Å². The minimum atomic E-state index is -0.905. The number of nitrogens with one attached hydrogen (secondary N) is 1. The largest absolute Gasteiger partial charge is 0.331 e. The zero-order chi connectivity index (χ0) is 24.1. The highest BCUT2D eigenvalue weighted by Gasteiger charge is 2.55. The number of likely N-dealkylation sites (tertiary alicyclic amines) is 1. The van der Waals surface area contributed by atoms with Gasteiger partial charge >= 0.3 is 6.03 Å². The van der Waals surface area contributed by atoms with Crippen LogP contribution in [-0.4, -0.2) is 45.8 Å². The van der Waals surface area contributed by atoms with Crippen molar-refractivity contribution >= 4 is 23.5 Å². The topological polar surface area (TPSA) is 95.5 Å². The van der Waals surface area contributed by atoms with Crippen molar-refractivity contribution in [2.24, 2.45) is 5.92 Å². The molecule has 0 saturated carbocycles. The summed E-state index contributed by atoms with van der Waals surface area (Å²) in [5.74, 6) is -1.31. The average Bonchev–Trinajstić information content (AvgIpc) is 2.89. The summed E-state index contributed by atoms with van der Waals surface area (Å²) in [6.07, 6.45) is 7.61. The molecule has 0 radical (unpaired) electrons. The van der Waals surface area contributed by atoms with Gasteiger partial charge in [0.25, 0.3) is 5.91 Å². The molecule has 1 N–H and O–H groups in total. The van der Waals surface area contributed by atoms with Crippen molar-refractivity contribution in [2.75, 3.05) is 11.9 Å². The van der Waals surface area contributed by atoms with Crippen LogP contribution in [0.25, 0.3) is 0 Å². The van der Waals surface area contributed by atoms with E-state index in [0.29, 0.717) is 18.5 Å². The third kappa shape index (κ3) is 4.66. The Balaban J connectivity index is 1.58. The maximum atomic E-state index is 13.5. The number of β-lactam (4-membered cyclic amide) rings is 1. The summed E-state index contributed by atoms with van der Waals surface area (Å²) >= 11 is 0. The van der Waals surface area contributed by atoms with Crippen LogP contribution in [0.1, 0.15) is 30.5 Å². The monoisotopic (exact) mass is 457 g/mol. The van der Waals surface area contributed by atoms with Gasteiger partial charge in [-0.15, -0.1) is 0 Å². The molecule has 1 aliphatic heterocycles. The van der Waals surface area contributed by atoms with Gasteiger partial charge in [-0.3, -0.25) is 24.5 Å². The van der Waals surface area contributed by atoms with E-state index in [1.807, 2.05) is 55.5 Å². The number of likely N-dealkylation sites (N-methyl/N-ethyl adjacent to an activating group) is 1. The van der Waals surface area contributed by atoms with Gasteiger partial charge in [0.2, 0.25) is 5.91 Å². The Bertz CT molecular complexity index is 1140. The number of carbonyl (C=O) groups excluding carboxylic acids is 3. The summed E-state index contributed by atoms with van der Waals surface area (Å²) in [6.45, 7) is 1.94. The highest BCUT2D eigenvalue weighted by molar-refractivity contribution is 6.12. The molecule has 4 rings (SSSR count). The van der Waals surface area contributed by atoms with Gasteiger partial charge in [0, 0.05) is 37.5 Å². The second kappa shape index (κ2) is 10.2. The number of carbonyl (C=O) groups is 3. The summed E-state index contributed by atoms with van der Waals surface area (Å²) in [7, 11) is 1.66. The molecule has 8 nitrogen and oxygen atoms in total. The van der Waals surface area contributed by atoms with Crippen LogP contribution in [0.15, 0.2) is 79.4 Å². The second-order valence-corrected chi connectivity index (χ2v) is 8.25. The fourth-order valence-electron chi connectivity index (χ4n) is 4.23. The molecule has 3 atom stereocenters. The van der Waals surface area contributed by atoms with Crippen LogP contribution in [0.2, 0.25) is 0 Å². The van der Waals surface area contributed by atoms with Gasteiger partial charge in [-0.1, -0.05) is 31.2 Å². The van der Waals surface area contributed by atoms with E-state index in [2.05, 4.69) is 15.3 Å². The number of nitrogens with zero attached hydrogens (tertiary/aromatic N) is 4. The maximum Gasteiger partial charge on any atom is 0.325 e. The van der Waals surface area contributed by atoms with Crippen LogP contribution in [0, 0.1) is 5.92 Å². The molecular formula is C26H27N5O3. The first-order valence-electron chi connectivity index (χ1n) is 11.3. The molecule has 1 saturated heterocycles. The predicted molar refractivity (Wildman–Crippen MR) is 128 cm³/mol. The Morgan fingerprint density at radius 2 is 1.76 bits per heavy atom. The summed E-state index contributed by atoms with van der Waals surface area (Å²) in [5.41, 5.74) is 2.41. The Labute approximate surface area is 198 Å². The third-order valence-electron chi connectivity index (χ3n) is 6.16. The zero-order valence-electron chi connectivity index (χ0n) is 19.2. The Morgan fingerprint density at radius 3 is 2.41 bits per heavy atom. The average molecular weight is 458 g/mol. The standard InChI is InChI=1S/C26H27N5O3/c1-3-22(19-8-7-13-28-17-19)29-26(34)31-23(25(33)30(2)20-9-5-4-6-10-20)21(24(31)32)16-18-11-14-27-15-12-18/h4-15,17,21-23H,3,16H2,1-2H3,(H,29,34)/t21-,22?,23+/m1/s1. The van der Waals surface area contributed by atoms with Gasteiger partial charge in [-0.2, -0.15) is 0 Å². The number of urea groups is 1. The SMILES string of the molecule is CCC(NC(=O)N1C(=O)[C@H](Cc2ccncc2)[C@H]1C(=O)N(C)c1ccccc1)c1cccnc1. The molecule has 2 aromatic heterocycles. The van der Waals surface area contributed by atoms with Gasteiger partial charge in [0.05, 0.1) is 12.0 Å². The van der Waals surface area contributed by atoms with Crippen molar-refractivity contribution in [1.82, 2.24) is 20.2 Å². The van der Waals surface area contributed by atoms with Crippen LogP contribution >= 0.6 is 0 Å². The smallest absolute Gasteiger partial charge is 0.325 e. The summed E-state index contributed by atoms with van der Waals surface area (Å²) < 4.78 is 0. The van der Waals surface area contributed by atoms with E-state index in [1.54, 1.807) is 37.9 Å². The van der Waals surface area contributed by atoms with E-state index in [9.17, 15) is 14.4 Å². The number of hydrogen-bond acceptors (Lipinski definition) is 5. The van der Waals surface area contributed by atoms with Crippen LogP contribution in [0.5, 0.6) is 0 Å². The second-order valence-electron chi connectivity index (χ2n) is 8.25. The maximum absolute atomic E-state index is 13.5. The van der Waals surface area contributed by atoms with E-state index in [1.165, 1.54) is 4.90 Å². The lowest BCUT2D eigenvalue weighted by Crippen LogP contribution is -2.70. The fraction of sp³-hybridized carbons (Fsp3) is 0.269. The molecule has 1 fully saturated rings. The molecule has 1 unspecified atom stereocenters. The van der Waals surface area contributed by atoms with Gasteiger partial charge in [0.1, 0.15) is 6.04 Å². The van der Waals surface area contributed by atoms with E-state index in [0.717, 1.165) is 16.0 Å². The van der Waals surface area contributed by atoms with Crippen LogP contribution in [-0.2, 0) is 16.0 Å². The number of aromatic nitrogens is 2. The molecule has 0 aliphatic carbocycles. The predicted octanol–water partition coefficient (Wildman–Crippen LogP) is 3.37. The first-order chi connectivity index (χ1) is 16.5. The van der Waals surface area contributed by atoms with Crippen molar-refractivity contribution in [3.8, 4) is 0 Å². The molecule has 34 heavy (non-hydrogen) atoms. The lowest BCUT2D eigenvalue weighted by molar-refractivity contribution is -0.156. The number of pyridine rings is 2. The van der Waals surface area contributed by atoms with Gasteiger partial charge in [-0.25, -0.2) is 4.79 Å². The Morgan fingerprint density at radius 1 is 1.03 bits per heavy atom. The molecule has 3 heterocycles. The van der Waals surface area contributed by atoms with E-state index in [4.69, 9.17) is 0 Å². The van der Waals surface area contributed by atoms with E-state index < -0.39 is 18.0 Å². The molecule has 8 heteroatoms. The first-order valence-corrected chi connectivity index (χ1v) is 11.3. The van der Waals surface area contributed by atoms with Gasteiger partial charge in [-0.05, 0) is 54.3 Å². The molecular weight excluding hydrogens is 430 g/mol. The highest BCUT2D eigenvalue weighted by atomic mass is 16.2. The quantitative estimate of drug-likeness (QED) is 0.549. The van der Waals surface area contributed by atoms with Crippen molar-refractivity contribution in [3.05, 3.63) is 90.5 Å². The zero-order valence-corrected chi connectivity index (χ0v) is 19.2. The number of benzene rings is 1. The van der Waals surface area contributed by atoms with Crippen molar-refractivity contribution in [1.29, 1.82) is 0 Å². The van der Waals surface area contributed by atoms with E-state index >= 15 is 0 Å². The van der Waals surface area contributed by atoms with Crippen LogP contribution in [0.3, 0.4) is 0 Å². The Hall–Kier alpha value is -4.07. The number of anilines is 1. The molecule has 3 aromatic rings. The third-order valence-corrected chi connectivity index (χ3v) is 6.16. The lowest BCUT2D eigenvalue weighted by atomic mass is 9.81. The summed E-state index contributed by atoms with van der Waals surface area (Å²) in [5, 5.41) is 2.91. The Kier molecular flexibility index (Phi) is 6.96. The number of rotatable bonds is 7.